The van der Waals surface area contributed by atoms with Crippen molar-refractivity contribution in [1.82, 2.24) is 35.9 Å². The highest BCUT2D eigenvalue weighted by Crippen LogP contribution is 2.25. The fraction of sp³-hybridized carbons (Fsp3) is 0.569. The molecule has 20 heteroatoms. The van der Waals surface area contributed by atoms with Crippen molar-refractivity contribution < 1.29 is 47.8 Å². The Morgan fingerprint density at radius 2 is 1.61 bits per heavy atom. The molecule has 1 fully saturated rings. The molecule has 1 unspecified atom stereocenters. The van der Waals surface area contributed by atoms with Crippen LogP contribution in [-0.4, -0.2) is 128 Å². The molecule has 1 saturated heterocycles. The summed E-state index contributed by atoms with van der Waals surface area (Å²) in [5.41, 5.74) is 12.6. The van der Waals surface area contributed by atoms with Gasteiger partial charge in [-0.05, 0) is 107 Å². The SMILES string of the molecule is CC[C@H](C)[C@H](NC(=O)[C@@H](Cc1c[nH]c2ccccc12)N(C(=O)OCc1ccccc1)C(=O)[C@H](CCCCN)NC(=O)OC(C)(C)C)C(=O)N[C@H]1CCN(N(C(=O)CCC(C)C)C(CCSC)C(N)=O)C1=O. The maximum absolute atomic E-state index is 15.2. The van der Waals surface area contributed by atoms with E-state index in [4.69, 9.17) is 20.9 Å². The lowest BCUT2D eigenvalue weighted by molar-refractivity contribution is -0.168. The second-order valence-electron chi connectivity index (χ2n) is 19.4. The number of nitrogens with two attached hydrogens (primary N) is 2. The predicted octanol–water partition coefficient (Wildman–Crippen LogP) is 5.30. The first-order chi connectivity index (χ1) is 33.7. The Kier molecular flexibility index (Phi) is 22.2. The van der Waals surface area contributed by atoms with Gasteiger partial charge in [0.15, 0.2) is 0 Å². The number of alkyl carbamates (subject to hydrolysis) is 1. The van der Waals surface area contributed by atoms with Crippen molar-refractivity contribution in [2.24, 2.45) is 23.3 Å². The average molecular weight is 1010 g/mol. The Morgan fingerprint density at radius 3 is 2.24 bits per heavy atom. The van der Waals surface area contributed by atoms with Crippen LogP contribution in [0.3, 0.4) is 0 Å². The van der Waals surface area contributed by atoms with Crippen molar-refractivity contribution in [3.05, 3.63) is 71.9 Å². The van der Waals surface area contributed by atoms with Crippen LogP contribution in [0.25, 0.3) is 10.9 Å². The van der Waals surface area contributed by atoms with Gasteiger partial charge in [-0.2, -0.15) is 11.8 Å². The zero-order valence-corrected chi connectivity index (χ0v) is 43.3. The quantitative estimate of drug-likeness (QED) is 0.0560. The van der Waals surface area contributed by atoms with Crippen LogP contribution in [0.15, 0.2) is 60.8 Å². The number of para-hydroxylation sites is 1. The van der Waals surface area contributed by atoms with Crippen LogP contribution in [0.1, 0.15) is 111 Å². The Hall–Kier alpha value is -6.15. The van der Waals surface area contributed by atoms with Crippen LogP contribution in [0.2, 0.25) is 0 Å². The maximum Gasteiger partial charge on any atom is 0.417 e. The van der Waals surface area contributed by atoms with E-state index in [0.717, 1.165) is 10.5 Å². The minimum absolute atomic E-state index is 0.000753. The molecule has 2 heterocycles. The molecule has 19 nitrogen and oxygen atoms in total. The summed E-state index contributed by atoms with van der Waals surface area (Å²) in [6.45, 7) is 12.4. The molecule has 3 aromatic rings. The predicted molar refractivity (Wildman–Crippen MR) is 272 cm³/mol. The van der Waals surface area contributed by atoms with E-state index >= 15 is 9.59 Å². The van der Waals surface area contributed by atoms with Crippen LogP contribution in [0.5, 0.6) is 0 Å². The number of primary amides is 1. The number of hydrogen-bond acceptors (Lipinski definition) is 12. The van der Waals surface area contributed by atoms with E-state index < -0.39 is 89.4 Å². The molecular weight excluding hydrogens is 931 g/mol. The van der Waals surface area contributed by atoms with E-state index in [2.05, 4.69) is 20.9 Å². The Morgan fingerprint density at radius 1 is 0.915 bits per heavy atom. The Bertz CT molecular complexity index is 2290. The van der Waals surface area contributed by atoms with Gasteiger partial charge in [0.2, 0.25) is 23.6 Å². The van der Waals surface area contributed by atoms with Gasteiger partial charge in [-0.3, -0.25) is 28.8 Å². The van der Waals surface area contributed by atoms with Crippen molar-refractivity contribution >= 4 is 70.3 Å². The van der Waals surface area contributed by atoms with E-state index in [9.17, 15) is 28.8 Å². The van der Waals surface area contributed by atoms with Crippen molar-refractivity contribution in [2.45, 2.75) is 149 Å². The zero-order chi connectivity index (χ0) is 52.4. The summed E-state index contributed by atoms with van der Waals surface area (Å²) < 4.78 is 11.3. The third kappa shape index (κ3) is 16.7. The fourth-order valence-corrected chi connectivity index (χ4v) is 8.64. The summed E-state index contributed by atoms with van der Waals surface area (Å²) >= 11 is 1.46. The number of amides is 8. The minimum atomic E-state index is -1.68. The lowest BCUT2D eigenvalue weighted by Crippen LogP contribution is -2.62. The molecule has 8 N–H and O–H groups in total. The Labute approximate surface area is 421 Å². The number of imide groups is 1. The number of aromatic nitrogens is 1. The molecule has 1 aromatic heterocycles. The van der Waals surface area contributed by atoms with E-state index in [0.29, 0.717) is 52.8 Å². The number of fused-ring (bicyclic) bond motifs is 1. The van der Waals surface area contributed by atoms with Crippen LogP contribution >= 0.6 is 11.8 Å². The van der Waals surface area contributed by atoms with E-state index in [1.807, 2.05) is 45.2 Å². The largest absolute Gasteiger partial charge is 0.444 e. The number of unbranched alkanes of at least 4 members (excludes halogenated alkanes) is 1. The first-order valence-electron chi connectivity index (χ1n) is 24.5. The molecule has 0 radical (unpaired) electrons. The van der Waals surface area contributed by atoms with E-state index in [1.165, 1.54) is 16.8 Å². The molecular formula is C51H75N9O10S. The summed E-state index contributed by atoms with van der Waals surface area (Å²) in [5.74, 6) is -4.36. The molecule has 2 aromatic carbocycles. The first kappa shape index (κ1) is 57.4. The summed E-state index contributed by atoms with van der Waals surface area (Å²) in [7, 11) is 0. The number of nitrogens with one attached hydrogen (secondary N) is 4. The van der Waals surface area contributed by atoms with Gasteiger partial charge in [0, 0.05) is 36.5 Å². The number of hydrazine groups is 1. The summed E-state index contributed by atoms with van der Waals surface area (Å²) in [5, 5.41) is 11.3. The summed E-state index contributed by atoms with van der Waals surface area (Å²) in [4.78, 5) is 118. The second-order valence-corrected chi connectivity index (χ2v) is 20.4. The molecule has 8 amide bonds. The molecule has 71 heavy (non-hydrogen) atoms. The lowest BCUT2D eigenvalue weighted by Gasteiger charge is -2.37. The molecule has 0 saturated carbocycles. The third-order valence-electron chi connectivity index (χ3n) is 12.2. The van der Waals surface area contributed by atoms with Gasteiger partial charge >= 0.3 is 12.2 Å². The minimum Gasteiger partial charge on any atom is -0.444 e. The van der Waals surface area contributed by atoms with Crippen LogP contribution in [0, 0.1) is 11.8 Å². The van der Waals surface area contributed by atoms with Crippen molar-refractivity contribution in [3.63, 3.8) is 0 Å². The van der Waals surface area contributed by atoms with Gasteiger partial charge in [0.25, 0.3) is 11.8 Å². The number of rotatable bonds is 26. The number of thioether (sulfide) groups is 1. The van der Waals surface area contributed by atoms with Crippen molar-refractivity contribution in [1.29, 1.82) is 0 Å². The van der Waals surface area contributed by atoms with Crippen LogP contribution in [-0.2, 0) is 51.3 Å². The molecule has 1 aliphatic heterocycles. The summed E-state index contributed by atoms with van der Waals surface area (Å²) in [6, 6.07) is 9.38. The number of benzene rings is 2. The van der Waals surface area contributed by atoms with E-state index in [1.54, 1.807) is 70.3 Å². The van der Waals surface area contributed by atoms with Gasteiger partial charge < -0.3 is 41.9 Å². The second kappa shape index (κ2) is 27.5. The normalized spacial score (nSPS) is 15.8. The first-order valence-corrected chi connectivity index (χ1v) is 25.9. The number of carbonyl (C=O) groups excluding carboxylic acids is 8. The Balaban J connectivity index is 1.76. The maximum atomic E-state index is 15.2. The topological polar surface area (TPSA) is 269 Å². The van der Waals surface area contributed by atoms with E-state index in [-0.39, 0.29) is 57.7 Å². The highest BCUT2D eigenvalue weighted by Gasteiger charge is 2.45. The highest BCUT2D eigenvalue weighted by molar-refractivity contribution is 7.98. The molecule has 0 aliphatic carbocycles. The molecule has 6 atom stereocenters. The molecule has 1 aliphatic rings. The standard InChI is InChI=1S/C51H75N9O10S/c1-9-33(4)43(46(64)55-39-24-27-58(47(39)65)60(42(61)23-22-32(2)3)40(44(53)62)25-28-71-8)57-45(63)41(29-35-30-54-37-20-14-13-19-36(35)37)59(50(68)69-31-34-17-11-10-12-18-34)48(66)38(21-15-16-26-52)56-49(67)70-51(5,6)7/h10-14,17-20,30,32-33,38-41,43,54H,9,15-16,21-29,31,52H2,1-8H3,(H2,53,62)(H,55,64)(H,56,67)(H,57,63)/t33-,38-,39-,40?,41+,43-/m0/s1. The lowest BCUT2D eigenvalue weighted by atomic mass is 9.96. The number of carbonyl (C=O) groups is 8. The van der Waals surface area contributed by atoms with Crippen molar-refractivity contribution in [3.8, 4) is 0 Å². The number of nitrogens with zero attached hydrogens (tertiary/aromatic N) is 3. The van der Waals surface area contributed by atoms with Gasteiger partial charge in [0.1, 0.15) is 42.4 Å². The van der Waals surface area contributed by atoms with Gasteiger partial charge in [-0.15, -0.1) is 0 Å². The molecule has 0 bridgehead atoms. The monoisotopic (exact) mass is 1010 g/mol. The molecule has 4 rings (SSSR count). The molecule has 390 valence electrons. The third-order valence-corrected chi connectivity index (χ3v) is 12.9. The van der Waals surface area contributed by atoms with Gasteiger partial charge in [-0.25, -0.2) is 24.5 Å². The highest BCUT2D eigenvalue weighted by atomic mass is 32.2. The average Bonchev–Trinajstić information content (AvgIpc) is 3.90. The summed E-state index contributed by atoms with van der Waals surface area (Å²) in [6.07, 6.45) is 3.20. The van der Waals surface area contributed by atoms with Gasteiger partial charge in [0.05, 0.1) is 0 Å². The smallest absolute Gasteiger partial charge is 0.417 e. The number of aromatic amines is 1. The number of H-pyrrole nitrogens is 1. The number of hydrogen-bond donors (Lipinski definition) is 6. The fourth-order valence-electron chi connectivity index (χ4n) is 8.18. The van der Waals surface area contributed by atoms with Gasteiger partial charge in [-0.1, -0.05) is 82.6 Å². The van der Waals surface area contributed by atoms with Crippen LogP contribution in [0.4, 0.5) is 9.59 Å². The van der Waals surface area contributed by atoms with Crippen molar-refractivity contribution in [2.75, 3.05) is 25.1 Å². The zero-order valence-electron chi connectivity index (χ0n) is 42.5. The molecule has 0 spiro atoms. The van der Waals surface area contributed by atoms with Crippen LogP contribution < -0.4 is 27.4 Å². The number of ether oxygens (including phenoxy) is 2.